The van der Waals surface area contributed by atoms with Gasteiger partial charge in [0.25, 0.3) is 0 Å². The van der Waals surface area contributed by atoms with Gasteiger partial charge in [0, 0.05) is 18.7 Å². The molecule has 1 aromatic rings. The molecule has 1 unspecified atom stereocenters. The molecule has 0 spiro atoms. The molecule has 1 saturated heterocycles. The van der Waals surface area contributed by atoms with E-state index < -0.39 is 0 Å². The molecule has 0 aliphatic carbocycles. The molecule has 0 radical (unpaired) electrons. The molecule has 1 atom stereocenters. The first-order chi connectivity index (χ1) is 9.85. The van der Waals surface area contributed by atoms with E-state index in [2.05, 4.69) is 10.6 Å². The van der Waals surface area contributed by atoms with E-state index in [1.54, 1.807) is 0 Å². The van der Waals surface area contributed by atoms with Gasteiger partial charge in [-0.15, -0.1) is 0 Å². The van der Waals surface area contributed by atoms with Crippen LogP contribution in [0.15, 0.2) is 18.2 Å². The number of hydrogen-bond acceptors (Lipinski definition) is 3. The fourth-order valence-corrected chi connectivity index (χ4v) is 2.44. The number of hydrogen-bond donors (Lipinski definition) is 2. The van der Waals surface area contributed by atoms with Gasteiger partial charge in [0.15, 0.2) is 0 Å². The van der Waals surface area contributed by atoms with E-state index in [9.17, 15) is 4.79 Å². The first kappa shape index (κ1) is 15.8. The highest BCUT2D eigenvalue weighted by molar-refractivity contribution is 5.79. The molecule has 4 nitrogen and oxygen atoms in total. The predicted molar refractivity (Wildman–Crippen MR) is 84.4 cm³/mol. The number of amides is 1. The van der Waals surface area contributed by atoms with E-state index in [0.717, 1.165) is 36.4 Å². The van der Waals surface area contributed by atoms with Gasteiger partial charge in [0.05, 0.1) is 5.92 Å². The van der Waals surface area contributed by atoms with Crippen LogP contribution in [0.5, 0.6) is 5.75 Å². The molecule has 0 saturated carbocycles. The van der Waals surface area contributed by atoms with E-state index >= 15 is 0 Å². The predicted octanol–water partition coefficient (Wildman–Crippen LogP) is 2.40. The van der Waals surface area contributed by atoms with Gasteiger partial charge in [-0.25, -0.2) is 0 Å². The van der Waals surface area contributed by atoms with Crippen molar-refractivity contribution >= 4 is 5.91 Å². The Kier molecular flexibility index (Phi) is 4.88. The first-order valence-corrected chi connectivity index (χ1v) is 7.62. The van der Waals surface area contributed by atoms with Gasteiger partial charge in [-0.1, -0.05) is 12.1 Å². The third-order valence-electron chi connectivity index (χ3n) is 3.52. The van der Waals surface area contributed by atoms with Crippen LogP contribution < -0.4 is 15.4 Å². The number of aryl methyl sites for hydroxylation is 1. The number of nitrogens with one attached hydrogen (secondary N) is 2. The summed E-state index contributed by atoms with van der Waals surface area (Å²) in [5.41, 5.74) is 1.93. The number of rotatable bonds is 4. The maximum atomic E-state index is 12.1. The number of ether oxygens (including phenoxy) is 1. The molecular weight excluding hydrogens is 264 g/mol. The third-order valence-corrected chi connectivity index (χ3v) is 3.52. The molecule has 1 amide bonds. The minimum atomic E-state index is -0.248. The summed E-state index contributed by atoms with van der Waals surface area (Å²) in [4.78, 5) is 12.1. The number of carbonyl (C=O) groups excluding carboxylic acids is 1. The molecule has 1 aliphatic rings. The van der Waals surface area contributed by atoms with Crippen LogP contribution in [0.1, 0.15) is 38.3 Å². The second-order valence-corrected chi connectivity index (χ2v) is 6.73. The zero-order valence-corrected chi connectivity index (χ0v) is 13.5. The molecule has 1 aliphatic heterocycles. The van der Waals surface area contributed by atoms with E-state index in [0.29, 0.717) is 6.54 Å². The normalized spacial score (nSPS) is 18.6. The third kappa shape index (κ3) is 4.74. The molecule has 0 bridgehead atoms. The molecule has 1 heterocycles. The van der Waals surface area contributed by atoms with Crippen molar-refractivity contribution in [2.24, 2.45) is 5.92 Å². The molecule has 0 aromatic heterocycles. The Hall–Kier alpha value is -1.55. The zero-order valence-electron chi connectivity index (χ0n) is 13.5. The van der Waals surface area contributed by atoms with Gasteiger partial charge in [0.1, 0.15) is 11.4 Å². The highest BCUT2D eigenvalue weighted by Crippen LogP contribution is 2.24. The number of carbonyl (C=O) groups is 1. The van der Waals surface area contributed by atoms with Crippen molar-refractivity contribution in [1.29, 1.82) is 0 Å². The van der Waals surface area contributed by atoms with Gasteiger partial charge in [-0.3, -0.25) is 4.79 Å². The van der Waals surface area contributed by atoms with Crippen molar-refractivity contribution in [3.8, 4) is 5.75 Å². The van der Waals surface area contributed by atoms with Crippen molar-refractivity contribution in [1.82, 2.24) is 10.6 Å². The van der Waals surface area contributed by atoms with Crippen LogP contribution in [-0.2, 0) is 11.3 Å². The summed E-state index contributed by atoms with van der Waals surface area (Å²) in [5, 5.41) is 6.24. The summed E-state index contributed by atoms with van der Waals surface area (Å²) in [5.74, 6) is 1.08. The second-order valence-electron chi connectivity index (χ2n) is 6.73. The molecule has 116 valence electrons. The lowest BCUT2D eigenvalue weighted by Gasteiger charge is -2.24. The summed E-state index contributed by atoms with van der Waals surface area (Å²) >= 11 is 0. The topological polar surface area (TPSA) is 50.4 Å². The Morgan fingerprint density at radius 3 is 2.81 bits per heavy atom. The monoisotopic (exact) mass is 290 g/mol. The van der Waals surface area contributed by atoms with E-state index in [1.165, 1.54) is 0 Å². The maximum Gasteiger partial charge on any atom is 0.224 e. The van der Waals surface area contributed by atoms with Crippen LogP contribution in [0.3, 0.4) is 0 Å². The standard InChI is InChI=1S/C17H26N2O2/c1-12-5-6-13(15(9-12)21-17(2,3)4)11-19-16(20)14-7-8-18-10-14/h5-6,9,14,18H,7-8,10-11H2,1-4H3,(H,19,20). The fourth-order valence-electron chi connectivity index (χ4n) is 2.44. The Morgan fingerprint density at radius 2 is 2.19 bits per heavy atom. The van der Waals surface area contributed by atoms with Crippen LogP contribution in [-0.4, -0.2) is 24.6 Å². The van der Waals surface area contributed by atoms with Crippen molar-refractivity contribution in [2.75, 3.05) is 13.1 Å². The molecule has 21 heavy (non-hydrogen) atoms. The van der Waals surface area contributed by atoms with Crippen LogP contribution in [0, 0.1) is 12.8 Å². The summed E-state index contributed by atoms with van der Waals surface area (Å²) < 4.78 is 6.01. The molecular formula is C17H26N2O2. The first-order valence-electron chi connectivity index (χ1n) is 7.62. The highest BCUT2D eigenvalue weighted by Gasteiger charge is 2.22. The SMILES string of the molecule is Cc1ccc(CNC(=O)C2CCNC2)c(OC(C)(C)C)c1. The van der Waals surface area contributed by atoms with Crippen molar-refractivity contribution < 1.29 is 9.53 Å². The average molecular weight is 290 g/mol. The Morgan fingerprint density at radius 1 is 1.43 bits per heavy atom. The fraction of sp³-hybridized carbons (Fsp3) is 0.588. The molecule has 2 rings (SSSR count). The van der Waals surface area contributed by atoms with Gasteiger partial charge < -0.3 is 15.4 Å². The lowest BCUT2D eigenvalue weighted by Crippen LogP contribution is -2.32. The lowest BCUT2D eigenvalue weighted by atomic mass is 10.1. The quantitative estimate of drug-likeness (QED) is 0.895. The molecule has 4 heteroatoms. The lowest BCUT2D eigenvalue weighted by molar-refractivity contribution is -0.124. The van der Waals surface area contributed by atoms with Crippen LogP contribution in [0.25, 0.3) is 0 Å². The highest BCUT2D eigenvalue weighted by atomic mass is 16.5. The Balaban J connectivity index is 2.03. The average Bonchev–Trinajstić information content (AvgIpc) is 2.89. The summed E-state index contributed by atoms with van der Waals surface area (Å²) in [7, 11) is 0. The van der Waals surface area contributed by atoms with Crippen LogP contribution in [0.4, 0.5) is 0 Å². The van der Waals surface area contributed by atoms with Gasteiger partial charge >= 0.3 is 0 Å². The van der Waals surface area contributed by atoms with Gasteiger partial charge in [-0.05, 0) is 52.3 Å². The summed E-state index contributed by atoms with van der Waals surface area (Å²) in [6, 6.07) is 6.11. The Bertz CT molecular complexity index is 500. The minimum Gasteiger partial charge on any atom is -0.488 e. The maximum absolute atomic E-state index is 12.1. The zero-order chi connectivity index (χ0) is 15.5. The van der Waals surface area contributed by atoms with Crippen molar-refractivity contribution in [3.05, 3.63) is 29.3 Å². The minimum absolute atomic E-state index is 0.0995. The smallest absolute Gasteiger partial charge is 0.224 e. The van der Waals surface area contributed by atoms with Crippen LogP contribution in [0.2, 0.25) is 0 Å². The second kappa shape index (κ2) is 6.48. The summed E-state index contributed by atoms with van der Waals surface area (Å²) in [6.45, 7) is 10.4. The van der Waals surface area contributed by atoms with Crippen LogP contribution >= 0.6 is 0 Å². The van der Waals surface area contributed by atoms with Gasteiger partial charge in [0.2, 0.25) is 5.91 Å². The largest absolute Gasteiger partial charge is 0.488 e. The Labute approximate surface area is 127 Å². The van der Waals surface area contributed by atoms with E-state index in [1.807, 2.05) is 45.9 Å². The number of benzene rings is 1. The van der Waals surface area contributed by atoms with Gasteiger partial charge in [-0.2, -0.15) is 0 Å². The molecule has 1 fully saturated rings. The summed E-state index contributed by atoms with van der Waals surface area (Å²) in [6.07, 6.45) is 0.922. The van der Waals surface area contributed by atoms with Crippen molar-refractivity contribution in [3.63, 3.8) is 0 Å². The van der Waals surface area contributed by atoms with Crippen molar-refractivity contribution in [2.45, 2.75) is 46.3 Å². The molecule has 1 aromatic carbocycles. The molecule has 2 N–H and O–H groups in total. The van der Waals surface area contributed by atoms with E-state index in [4.69, 9.17) is 4.74 Å². The van der Waals surface area contributed by atoms with E-state index in [-0.39, 0.29) is 17.4 Å².